The highest BCUT2D eigenvalue weighted by Gasteiger charge is 2.24. The maximum atomic E-state index is 13.2. The first-order valence-corrected chi connectivity index (χ1v) is 13.2. The molecule has 2 amide bonds. The van der Waals surface area contributed by atoms with Crippen LogP contribution in [0.2, 0.25) is 0 Å². The second-order valence-electron chi connectivity index (χ2n) is 9.68. The quantitative estimate of drug-likeness (QED) is 0.297. The SMILES string of the molecule is O=C(Nc1ccccc1N1CCN(C(=O)c2ccccc2)CC1)c1ccc(-c2cc3ccccc3oc2=O)cc1. The number of carbonyl (C=O) groups is 2. The number of hydrogen-bond acceptors (Lipinski definition) is 5. The van der Waals surface area contributed by atoms with Gasteiger partial charge in [-0.2, -0.15) is 0 Å². The first-order valence-electron chi connectivity index (χ1n) is 13.2. The maximum Gasteiger partial charge on any atom is 0.344 e. The van der Waals surface area contributed by atoms with Crippen LogP contribution in [-0.4, -0.2) is 42.9 Å². The molecule has 0 radical (unpaired) electrons. The molecule has 4 aromatic carbocycles. The molecule has 6 rings (SSSR count). The summed E-state index contributed by atoms with van der Waals surface area (Å²) < 4.78 is 5.46. The topological polar surface area (TPSA) is 82.9 Å². The van der Waals surface area contributed by atoms with Gasteiger partial charge in [0.15, 0.2) is 0 Å². The van der Waals surface area contributed by atoms with Crippen molar-refractivity contribution in [2.24, 2.45) is 0 Å². The summed E-state index contributed by atoms with van der Waals surface area (Å²) in [6.07, 6.45) is 0. The number of hydrogen-bond donors (Lipinski definition) is 1. The highest BCUT2D eigenvalue weighted by molar-refractivity contribution is 6.06. The Morgan fingerprint density at radius 3 is 2.15 bits per heavy atom. The van der Waals surface area contributed by atoms with Crippen LogP contribution in [0.15, 0.2) is 118 Å². The number of benzene rings is 4. The average molecular weight is 530 g/mol. The molecule has 198 valence electrons. The van der Waals surface area contributed by atoms with Crippen molar-refractivity contribution < 1.29 is 14.0 Å². The zero-order chi connectivity index (χ0) is 27.5. The molecule has 7 heteroatoms. The minimum atomic E-state index is -0.421. The summed E-state index contributed by atoms with van der Waals surface area (Å²) in [5.74, 6) is -0.214. The molecule has 0 bridgehead atoms. The first-order chi connectivity index (χ1) is 19.6. The number of rotatable bonds is 5. The van der Waals surface area contributed by atoms with Crippen LogP contribution in [-0.2, 0) is 0 Å². The van der Waals surface area contributed by atoms with Crippen molar-refractivity contribution in [3.63, 3.8) is 0 Å². The van der Waals surface area contributed by atoms with E-state index in [1.165, 1.54) is 0 Å². The third-order valence-corrected chi connectivity index (χ3v) is 7.18. The van der Waals surface area contributed by atoms with Gasteiger partial charge in [-0.1, -0.05) is 60.7 Å². The lowest BCUT2D eigenvalue weighted by molar-refractivity contribution is 0.0746. The molecular weight excluding hydrogens is 502 g/mol. The lowest BCUT2D eigenvalue weighted by atomic mass is 10.0. The van der Waals surface area contributed by atoms with E-state index in [2.05, 4.69) is 10.2 Å². The van der Waals surface area contributed by atoms with Crippen LogP contribution in [0.25, 0.3) is 22.1 Å². The van der Waals surface area contributed by atoms with E-state index in [0.717, 1.165) is 11.1 Å². The zero-order valence-electron chi connectivity index (χ0n) is 21.7. The lowest BCUT2D eigenvalue weighted by Gasteiger charge is -2.37. The van der Waals surface area contributed by atoms with Crippen molar-refractivity contribution in [2.45, 2.75) is 0 Å². The van der Waals surface area contributed by atoms with Gasteiger partial charge in [-0.25, -0.2) is 4.79 Å². The number of fused-ring (bicyclic) bond motifs is 1. The van der Waals surface area contributed by atoms with Crippen LogP contribution in [0.1, 0.15) is 20.7 Å². The third-order valence-electron chi connectivity index (χ3n) is 7.18. The normalized spacial score (nSPS) is 13.3. The number of carbonyl (C=O) groups excluding carboxylic acids is 2. The van der Waals surface area contributed by atoms with E-state index in [0.29, 0.717) is 59.7 Å². The number of nitrogens with one attached hydrogen (secondary N) is 1. The van der Waals surface area contributed by atoms with E-state index in [4.69, 9.17) is 4.42 Å². The fraction of sp³-hybridized carbons (Fsp3) is 0.121. The van der Waals surface area contributed by atoms with Gasteiger partial charge < -0.3 is 19.5 Å². The fourth-order valence-electron chi connectivity index (χ4n) is 5.03. The predicted molar refractivity (Wildman–Crippen MR) is 157 cm³/mol. The van der Waals surface area contributed by atoms with Crippen LogP contribution in [0.5, 0.6) is 0 Å². The Labute approximate surface area is 231 Å². The fourth-order valence-corrected chi connectivity index (χ4v) is 5.03. The van der Waals surface area contributed by atoms with Crippen molar-refractivity contribution in [3.8, 4) is 11.1 Å². The molecule has 1 aliphatic rings. The molecule has 1 N–H and O–H groups in total. The van der Waals surface area contributed by atoms with E-state index in [-0.39, 0.29) is 11.8 Å². The Morgan fingerprint density at radius 2 is 1.38 bits per heavy atom. The summed E-state index contributed by atoms with van der Waals surface area (Å²) >= 11 is 0. The smallest absolute Gasteiger partial charge is 0.344 e. The molecule has 0 unspecified atom stereocenters. The van der Waals surface area contributed by atoms with Gasteiger partial charge in [-0.15, -0.1) is 0 Å². The molecule has 1 fully saturated rings. The molecule has 0 aliphatic carbocycles. The summed E-state index contributed by atoms with van der Waals surface area (Å²) in [5.41, 5.74) is 4.02. The third kappa shape index (κ3) is 5.09. The Bertz CT molecular complexity index is 1740. The van der Waals surface area contributed by atoms with Crippen LogP contribution in [0.4, 0.5) is 11.4 Å². The number of anilines is 2. The van der Waals surface area contributed by atoms with E-state index in [1.54, 1.807) is 36.4 Å². The van der Waals surface area contributed by atoms with Crippen LogP contribution < -0.4 is 15.8 Å². The van der Waals surface area contributed by atoms with E-state index in [1.807, 2.05) is 77.7 Å². The molecule has 2 heterocycles. The molecule has 1 saturated heterocycles. The molecule has 0 saturated carbocycles. The lowest BCUT2D eigenvalue weighted by Crippen LogP contribution is -2.49. The zero-order valence-corrected chi connectivity index (χ0v) is 21.7. The summed E-state index contributed by atoms with van der Waals surface area (Å²) in [6, 6.07) is 33.1. The number of para-hydroxylation sites is 3. The summed E-state index contributed by atoms with van der Waals surface area (Å²) in [4.78, 5) is 42.6. The molecule has 1 aliphatic heterocycles. The Kier molecular flexibility index (Phi) is 6.85. The summed E-state index contributed by atoms with van der Waals surface area (Å²) in [5, 5.41) is 3.87. The monoisotopic (exact) mass is 529 g/mol. The molecule has 5 aromatic rings. The summed E-state index contributed by atoms with van der Waals surface area (Å²) in [7, 11) is 0. The number of amides is 2. The van der Waals surface area contributed by atoms with Crippen molar-refractivity contribution >= 4 is 34.2 Å². The molecule has 0 atom stereocenters. The van der Waals surface area contributed by atoms with E-state index >= 15 is 0 Å². The standard InChI is InChI=1S/C33H27N3O4/c37-31(24-16-14-23(15-17-24)27-22-26-10-4-7-13-30(26)40-33(27)39)34-28-11-5-6-12-29(28)35-18-20-36(21-19-35)32(38)25-8-2-1-3-9-25/h1-17,22H,18-21H2,(H,34,37). The average Bonchev–Trinajstić information content (AvgIpc) is 3.01. The van der Waals surface area contributed by atoms with Gasteiger partial charge in [0.05, 0.1) is 16.9 Å². The maximum absolute atomic E-state index is 13.2. The van der Waals surface area contributed by atoms with Crippen molar-refractivity contribution in [1.82, 2.24) is 4.90 Å². The van der Waals surface area contributed by atoms with Gasteiger partial charge >= 0.3 is 5.63 Å². The molecule has 7 nitrogen and oxygen atoms in total. The highest BCUT2D eigenvalue weighted by atomic mass is 16.4. The Morgan fingerprint density at radius 1 is 0.700 bits per heavy atom. The van der Waals surface area contributed by atoms with Crippen molar-refractivity contribution in [3.05, 3.63) is 131 Å². The predicted octanol–water partition coefficient (Wildman–Crippen LogP) is 5.67. The van der Waals surface area contributed by atoms with Gasteiger partial charge in [0, 0.05) is 42.7 Å². The molecule has 1 aromatic heterocycles. The molecular formula is C33H27N3O4. The highest BCUT2D eigenvalue weighted by Crippen LogP contribution is 2.28. The first kappa shape index (κ1) is 25.1. The second kappa shape index (κ2) is 10.9. The number of piperazine rings is 1. The second-order valence-corrected chi connectivity index (χ2v) is 9.68. The van der Waals surface area contributed by atoms with Gasteiger partial charge in [0.1, 0.15) is 5.58 Å². The van der Waals surface area contributed by atoms with Crippen LogP contribution in [0, 0.1) is 0 Å². The van der Waals surface area contributed by atoms with Crippen molar-refractivity contribution in [1.29, 1.82) is 0 Å². The van der Waals surface area contributed by atoms with Gasteiger partial charge in [-0.3, -0.25) is 9.59 Å². The van der Waals surface area contributed by atoms with Gasteiger partial charge in [0.25, 0.3) is 11.8 Å². The van der Waals surface area contributed by atoms with E-state index in [9.17, 15) is 14.4 Å². The Hall–Kier alpha value is -5.17. The molecule has 40 heavy (non-hydrogen) atoms. The van der Waals surface area contributed by atoms with Crippen LogP contribution in [0.3, 0.4) is 0 Å². The van der Waals surface area contributed by atoms with Crippen LogP contribution >= 0.6 is 0 Å². The number of nitrogens with zero attached hydrogens (tertiary/aromatic N) is 2. The molecule has 0 spiro atoms. The van der Waals surface area contributed by atoms with Crippen molar-refractivity contribution in [2.75, 3.05) is 36.4 Å². The van der Waals surface area contributed by atoms with Gasteiger partial charge in [0.2, 0.25) is 0 Å². The van der Waals surface area contributed by atoms with Gasteiger partial charge in [-0.05, 0) is 54.1 Å². The minimum absolute atomic E-state index is 0.0340. The Balaban J connectivity index is 1.15. The summed E-state index contributed by atoms with van der Waals surface area (Å²) in [6.45, 7) is 2.52. The largest absolute Gasteiger partial charge is 0.422 e. The van der Waals surface area contributed by atoms with E-state index < -0.39 is 5.63 Å². The minimum Gasteiger partial charge on any atom is -0.422 e.